The average Bonchev–Trinajstić information content (AvgIpc) is 2.43. The Morgan fingerprint density at radius 3 is 2.25 bits per heavy atom. The molecule has 1 aliphatic rings. The van der Waals surface area contributed by atoms with Crippen molar-refractivity contribution in [2.75, 3.05) is 32.8 Å². The second-order valence-electron chi connectivity index (χ2n) is 6.28. The predicted molar refractivity (Wildman–Crippen MR) is 81.5 cm³/mol. The maximum Gasteiger partial charge on any atom is 0.227 e. The van der Waals surface area contributed by atoms with E-state index in [1.807, 2.05) is 0 Å². The molecule has 5 nitrogen and oxygen atoms in total. The van der Waals surface area contributed by atoms with Crippen molar-refractivity contribution in [2.45, 2.75) is 52.6 Å². The third-order valence-electron chi connectivity index (χ3n) is 4.30. The summed E-state index contributed by atoms with van der Waals surface area (Å²) in [7, 11) is 0. The van der Waals surface area contributed by atoms with Gasteiger partial charge in [0.25, 0.3) is 0 Å². The SMILES string of the molecule is CC(C)N(CCNC(=O)C1(CN)CCOCC1)C(C)C. The van der Waals surface area contributed by atoms with Crippen LogP contribution in [0.25, 0.3) is 0 Å². The average molecular weight is 285 g/mol. The van der Waals surface area contributed by atoms with E-state index in [2.05, 4.69) is 37.9 Å². The molecule has 1 aliphatic heterocycles. The largest absolute Gasteiger partial charge is 0.381 e. The predicted octanol–water partition coefficient (Wildman–Crippen LogP) is 0.977. The van der Waals surface area contributed by atoms with Gasteiger partial charge >= 0.3 is 0 Å². The third-order valence-corrected chi connectivity index (χ3v) is 4.30. The van der Waals surface area contributed by atoms with E-state index >= 15 is 0 Å². The highest BCUT2D eigenvalue weighted by Crippen LogP contribution is 2.29. The number of carbonyl (C=O) groups excluding carboxylic acids is 1. The molecule has 1 fully saturated rings. The van der Waals surface area contributed by atoms with Gasteiger partial charge in [-0.05, 0) is 40.5 Å². The molecule has 5 heteroatoms. The van der Waals surface area contributed by atoms with Crippen molar-refractivity contribution in [3.63, 3.8) is 0 Å². The first-order valence-corrected chi connectivity index (χ1v) is 7.75. The Morgan fingerprint density at radius 2 is 1.80 bits per heavy atom. The van der Waals surface area contributed by atoms with E-state index in [0.717, 1.165) is 19.4 Å². The monoisotopic (exact) mass is 285 g/mol. The van der Waals surface area contributed by atoms with Gasteiger partial charge in [-0.1, -0.05) is 0 Å². The molecular weight excluding hydrogens is 254 g/mol. The molecule has 0 aliphatic carbocycles. The molecule has 0 aromatic carbocycles. The topological polar surface area (TPSA) is 67.6 Å². The molecule has 1 saturated heterocycles. The second kappa shape index (κ2) is 7.96. The molecule has 0 atom stereocenters. The smallest absolute Gasteiger partial charge is 0.227 e. The minimum atomic E-state index is -0.418. The van der Waals surface area contributed by atoms with Crippen LogP contribution in [0.2, 0.25) is 0 Å². The first-order chi connectivity index (χ1) is 9.43. The van der Waals surface area contributed by atoms with Crippen LogP contribution in [-0.2, 0) is 9.53 Å². The van der Waals surface area contributed by atoms with E-state index in [1.54, 1.807) is 0 Å². The summed E-state index contributed by atoms with van der Waals surface area (Å²) in [6.07, 6.45) is 1.46. The van der Waals surface area contributed by atoms with Crippen LogP contribution in [0.15, 0.2) is 0 Å². The number of hydrogen-bond acceptors (Lipinski definition) is 4. The van der Waals surface area contributed by atoms with Crippen LogP contribution in [0.3, 0.4) is 0 Å². The van der Waals surface area contributed by atoms with Crippen molar-refractivity contribution in [1.82, 2.24) is 10.2 Å². The number of rotatable bonds is 7. The molecule has 0 bridgehead atoms. The first kappa shape index (κ1) is 17.4. The van der Waals surface area contributed by atoms with E-state index < -0.39 is 5.41 Å². The lowest BCUT2D eigenvalue weighted by Crippen LogP contribution is -2.51. The van der Waals surface area contributed by atoms with Crippen LogP contribution < -0.4 is 11.1 Å². The summed E-state index contributed by atoms with van der Waals surface area (Å²) in [4.78, 5) is 14.8. The maximum absolute atomic E-state index is 12.4. The summed E-state index contributed by atoms with van der Waals surface area (Å²) >= 11 is 0. The number of nitrogens with two attached hydrogens (primary N) is 1. The van der Waals surface area contributed by atoms with Gasteiger partial charge in [-0.2, -0.15) is 0 Å². The third kappa shape index (κ3) is 4.43. The summed E-state index contributed by atoms with van der Waals surface area (Å²) in [6.45, 7) is 12.0. The zero-order chi connectivity index (χ0) is 15.2. The van der Waals surface area contributed by atoms with Gasteiger partial charge in [-0.25, -0.2) is 0 Å². The molecule has 20 heavy (non-hydrogen) atoms. The summed E-state index contributed by atoms with van der Waals surface area (Å²) in [5, 5.41) is 3.07. The van der Waals surface area contributed by atoms with Crippen LogP contribution in [0.5, 0.6) is 0 Å². The van der Waals surface area contributed by atoms with Crippen LogP contribution in [0, 0.1) is 5.41 Å². The van der Waals surface area contributed by atoms with Gasteiger partial charge < -0.3 is 15.8 Å². The molecule has 1 amide bonds. The molecule has 0 spiro atoms. The Kier molecular flexibility index (Phi) is 6.92. The van der Waals surface area contributed by atoms with Gasteiger partial charge in [0.1, 0.15) is 0 Å². The van der Waals surface area contributed by atoms with Crippen molar-refractivity contribution >= 4 is 5.91 Å². The Morgan fingerprint density at radius 1 is 1.25 bits per heavy atom. The summed E-state index contributed by atoms with van der Waals surface area (Å²) in [6, 6.07) is 0.969. The molecule has 0 unspecified atom stereocenters. The molecule has 0 radical (unpaired) electrons. The van der Waals surface area contributed by atoms with Crippen molar-refractivity contribution in [1.29, 1.82) is 0 Å². The van der Waals surface area contributed by atoms with Crippen molar-refractivity contribution < 1.29 is 9.53 Å². The van der Waals surface area contributed by atoms with Crippen LogP contribution in [0.4, 0.5) is 0 Å². The lowest BCUT2D eigenvalue weighted by molar-refractivity contribution is -0.136. The highest BCUT2D eigenvalue weighted by atomic mass is 16.5. The molecule has 0 aromatic heterocycles. The van der Waals surface area contributed by atoms with Gasteiger partial charge in [-0.3, -0.25) is 9.69 Å². The zero-order valence-electron chi connectivity index (χ0n) is 13.4. The molecular formula is C15H31N3O2. The number of hydrogen-bond donors (Lipinski definition) is 2. The van der Waals surface area contributed by atoms with Gasteiger partial charge in [0.15, 0.2) is 0 Å². The fourth-order valence-corrected chi connectivity index (χ4v) is 2.88. The van der Waals surface area contributed by atoms with E-state index in [-0.39, 0.29) is 5.91 Å². The normalized spacial score (nSPS) is 18.8. The van der Waals surface area contributed by atoms with E-state index in [9.17, 15) is 4.79 Å². The van der Waals surface area contributed by atoms with Gasteiger partial charge in [-0.15, -0.1) is 0 Å². The standard InChI is InChI=1S/C15H31N3O2/c1-12(2)18(13(3)4)8-7-17-14(19)15(11-16)5-9-20-10-6-15/h12-13H,5-11,16H2,1-4H3,(H,17,19). The van der Waals surface area contributed by atoms with E-state index in [1.165, 1.54) is 0 Å². The van der Waals surface area contributed by atoms with Gasteiger partial charge in [0.2, 0.25) is 5.91 Å². The minimum absolute atomic E-state index is 0.0933. The van der Waals surface area contributed by atoms with Crippen LogP contribution in [0.1, 0.15) is 40.5 Å². The Hall–Kier alpha value is -0.650. The van der Waals surface area contributed by atoms with Crippen molar-refractivity contribution in [2.24, 2.45) is 11.1 Å². The number of nitrogens with one attached hydrogen (secondary N) is 1. The van der Waals surface area contributed by atoms with Gasteiger partial charge in [0, 0.05) is 44.9 Å². The van der Waals surface area contributed by atoms with Crippen LogP contribution >= 0.6 is 0 Å². The minimum Gasteiger partial charge on any atom is -0.381 e. The number of nitrogens with zero attached hydrogens (tertiary/aromatic N) is 1. The molecule has 1 heterocycles. The molecule has 1 rings (SSSR count). The maximum atomic E-state index is 12.4. The molecule has 0 saturated carbocycles. The second-order valence-corrected chi connectivity index (χ2v) is 6.28. The van der Waals surface area contributed by atoms with Crippen molar-refractivity contribution in [3.05, 3.63) is 0 Å². The fourth-order valence-electron chi connectivity index (χ4n) is 2.88. The lowest BCUT2D eigenvalue weighted by Gasteiger charge is -2.35. The molecule has 118 valence electrons. The van der Waals surface area contributed by atoms with Crippen LogP contribution in [-0.4, -0.2) is 55.7 Å². The fraction of sp³-hybridized carbons (Fsp3) is 0.933. The number of carbonyl (C=O) groups is 1. The number of ether oxygens (including phenoxy) is 1. The van der Waals surface area contributed by atoms with Crippen molar-refractivity contribution in [3.8, 4) is 0 Å². The highest BCUT2D eigenvalue weighted by molar-refractivity contribution is 5.83. The molecule has 3 N–H and O–H groups in total. The summed E-state index contributed by atoms with van der Waals surface area (Å²) in [5.41, 5.74) is 5.42. The zero-order valence-corrected chi connectivity index (χ0v) is 13.4. The summed E-state index contributed by atoms with van der Waals surface area (Å²) in [5.74, 6) is 0.0933. The Balaban J connectivity index is 2.45. The van der Waals surface area contributed by atoms with Gasteiger partial charge in [0.05, 0.1) is 5.41 Å². The highest BCUT2D eigenvalue weighted by Gasteiger charge is 2.38. The summed E-state index contributed by atoms with van der Waals surface area (Å²) < 4.78 is 5.34. The Bertz CT molecular complexity index is 291. The van der Waals surface area contributed by atoms with E-state index in [0.29, 0.717) is 38.4 Å². The number of amides is 1. The molecule has 0 aromatic rings. The quantitative estimate of drug-likeness (QED) is 0.731. The first-order valence-electron chi connectivity index (χ1n) is 7.75. The Labute approximate surface area is 123 Å². The lowest BCUT2D eigenvalue weighted by atomic mass is 9.79. The van der Waals surface area contributed by atoms with E-state index in [4.69, 9.17) is 10.5 Å².